The molecular weight excluding hydrogens is 406 g/mol. The van der Waals surface area contributed by atoms with Crippen LogP contribution in [0.25, 0.3) is 11.3 Å². The van der Waals surface area contributed by atoms with Gasteiger partial charge in [0.05, 0.1) is 6.54 Å². The lowest BCUT2D eigenvalue weighted by Gasteiger charge is -2.57. The van der Waals surface area contributed by atoms with Gasteiger partial charge in [-0.05, 0) is 44.0 Å². The summed E-state index contributed by atoms with van der Waals surface area (Å²) in [7, 11) is 0. The van der Waals surface area contributed by atoms with Crippen LogP contribution in [0.4, 0.5) is 4.79 Å². The SMILES string of the molecule is C[C@H](O)c1nccn1Cc1cc(-c2ccc(C#CC3CC4(C3)CN(C(N)=O)C4)cc2)on1. The molecule has 2 amide bonds. The van der Waals surface area contributed by atoms with E-state index in [9.17, 15) is 9.90 Å². The number of aromatic nitrogens is 3. The molecule has 1 aliphatic heterocycles. The maximum atomic E-state index is 11.1. The normalized spacial score (nSPS) is 17.9. The molecule has 0 radical (unpaired) electrons. The number of amides is 2. The third kappa shape index (κ3) is 3.87. The second-order valence-electron chi connectivity index (χ2n) is 8.92. The molecule has 0 bridgehead atoms. The molecule has 3 aromatic rings. The predicted molar refractivity (Wildman–Crippen MR) is 117 cm³/mol. The Morgan fingerprint density at radius 3 is 2.78 bits per heavy atom. The summed E-state index contributed by atoms with van der Waals surface area (Å²) >= 11 is 0. The van der Waals surface area contributed by atoms with E-state index in [-0.39, 0.29) is 11.4 Å². The molecule has 1 aliphatic carbocycles. The number of aliphatic hydroxyl groups excluding tert-OH is 1. The van der Waals surface area contributed by atoms with Crippen LogP contribution in [0.1, 0.15) is 43.0 Å². The number of hydrogen-bond donors (Lipinski definition) is 2. The van der Waals surface area contributed by atoms with E-state index >= 15 is 0 Å². The van der Waals surface area contributed by atoms with E-state index in [0.29, 0.717) is 24.0 Å². The first-order valence-electron chi connectivity index (χ1n) is 10.7. The number of benzene rings is 1. The van der Waals surface area contributed by atoms with Crippen LogP contribution in [0.5, 0.6) is 0 Å². The van der Waals surface area contributed by atoms with Crippen LogP contribution in [0.2, 0.25) is 0 Å². The Labute approximate surface area is 186 Å². The monoisotopic (exact) mass is 431 g/mol. The van der Waals surface area contributed by atoms with E-state index in [2.05, 4.69) is 22.0 Å². The number of imidazole rings is 1. The van der Waals surface area contributed by atoms with Crippen molar-refractivity contribution in [3.63, 3.8) is 0 Å². The minimum Gasteiger partial charge on any atom is -0.385 e. The second kappa shape index (κ2) is 7.84. The lowest BCUT2D eigenvalue weighted by atomic mass is 9.58. The van der Waals surface area contributed by atoms with Crippen molar-refractivity contribution in [2.75, 3.05) is 13.1 Å². The number of likely N-dealkylation sites (tertiary alicyclic amines) is 1. The minimum atomic E-state index is -0.644. The highest BCUT2D eigenvalue weighted by molar-refractivity contribution is 5.73. The van der Waals surface area contributed by atoms with Gasteiger partial charge in [-0.15, -0.1) is 0 Å². The average Bonchev–Trinajstić information content (AvgIpc) is 3.36. The molecule has 1 atom stereocenters. The summed E-state index contributed by atoms with van der Waals surface area (Å²) in [5.41, 5.74) is 8.21. The summed E-state index contributed by atoms with van der Waals surface area (Å²) in [5.74, 6) is 8.28. The van der Waals surface area contributed by atoms with Gasteiger partial charge in [0, 0.05) is 54.0 Å². The molecule has 5 rings (SSSR count). The zero-order chi connectivity index (χ0) is 22.3. The van der Waals surface area contributed by atoms with Gasteiger partial charge in [-0.1, -0.05) is 17.0 Å². The lowest BCUT2D eigenvalue weighted by molar-refractivity contribution is -0.0521. The molecular formula is C24H25N5O3. The number of carbonyl (C=O) groups excluding carboxylic acids is 1. The summed E-state index contributed by atoms with van der Waals surface area (Å²) in [5, 5.41) is 13.9. The van der Waals surface area contributed by atoms with Gasteiger partial charge < -0.3 is 24.8 Å². The van der Waals surface area contributed by atoms with Gasteiger partial charge in [0.15, 0.2) is 5.76 Å². The molecule has 0 unspecified atom stereocenters. The molecule has 164 valence electrons. The summed E-state index contributed by atoms with van der Waals surface area (Å²) < 4.78 is 7.36. The number of carbonyl (C=O) groups is 1. The number of urea groups is 1. The van der Waals surface area contributed by atoms with E-state index in [1.165, 1.54) is 0 Å². The molecule has 8 nitrogen and oxygen atoms in total. The Morgan fingerprint density at radius 1 is 1.34 bits per heavy atom. The average molecular weight is 431 g/mol. The third-order valence-electron chi connectivity index (χ3n) is 6.33. The fourth-order valence-corrected chi connectivity index (χ4v) is 4.69. The molecule has 2 aromatic heterocycles. The molecule has 1 saturated carbocycles. The van der Waals surface area contributed by atoms with Gasteiger partial charge in [0.2, 0.25) is 0 Å². The zero-order valence-corrected chi connectivity index (χ0v) is 17.9. The van der Waals surface area contributed by atoms with Gasteiger partial charge in [0.1, 0.15) is 17.6 Å². The first kappa shape index (κ1) is 20.3. The van der Waals surface area contributed by atoms with Gasteiger partial charge in [0.25, 0.3) is 0 Å². The molecule has 3 N–H and O–H groups in total. The van der Waals surface area contributed by atoms with Crippen LogP contribution in [0.3, 0.4) is 0 Å². The van der Waals surface area contributed by atoms with E-state index in [4.69, 9.17) is 10.3 Å². The largest absolute Gasteiger partial charge is 0.385 e. The molecule has 32 heavy (non-hydrogen) atoms. The van der Waals surface area contributed by atoms with Crippen LogP contribution >= 0.6 is 0 Å². The van der Waals surface area contributed by atoms with Gasteiger partial charge >= 0.3 is 6.03 Å². The van der Waals surface area contributed by atoms with Crippen molar-refractivity contribution >= 4 is 6.03 Å². The van der Waals surface area contributed by atoms with Crippen LogP contribution in [-0.4, -0.2) is 43.8 Å². The summed E-state index contributed by atoms with van der Waals surface area (Å²) in [6.45, 7) is 3.71. The Bertz CT molecular complexity index is 1180. The molecule has 2 aliphatic rings. The topological polar surface area (TPSA) is 110 Å². The van der Waals surface area contributed by atoms with E-state index in [1.54, 1.807) is 18.0 Å². The Kier molecular flexibility index (Phi) is 4.98. The van der Waals surface area contributed by atoms with Crippen molar-refractivity contribution in [3.05, 3.63) is 59.8 Å². The van der Waals surface area contributed by atoms with Crippen molar-refractivity contribution in [3.8, 4) is 23.2 Å². The van der Waals surface area contributed by atoms with Crippen molar-refractivity contribution in [1.82, 2.24) is 19.6 Å². The smallest absolute Gasteiger partial charge is 0.314 e. The molecule has 8 heteroatoms. The quantitative estimate of drug-likeness (QED) is 0.617. The van der Waals surface area contributed by atoms with Crippen LogP contribution in [0, 0.1) is 23.2 Å². The van der Waals surface area contributed by atoms with Crippen molar-refractivity contribution in [1.29, 1.82) is 0 Å². The summed E-state index contributed by atoms with van der Waals surface area (Å²) in [6, 6.07) is 9.50. The number of rotatable bonds is 4. The maximum absolute atomic E-state index is 11.1. The fraction of sp³-hybridized carbons (Fsp3) is 0.375. The zero-order valence-electron chi connectivity index (χ0n) is 17.9. The molecule has 1 saturated heterocycles. The van der Waals surface area contributed by atoms with Gasteiger partial charge in [-0.2, -0.15) is 0 Å². The highest BCUT2D eigenvalue weighted by atomic mass is 16.5. The Balaban J connectivity index is 1.18. The molecule has 3 heterocycles. The number of nitrogens with zero attached hydrogens (tertiary/aromatic N) is 4. The van der Waals surface area contributed by atoms with E-state index in [1.807, 2.05) is 41.1 Å². The maximum Gasteiger partial charge on any atom is 0.314 e. The summed E-state index contributed by atoms with van der Waals surface area (Å²) in [4.78, 5) is 17.0. The second-order valence-corrected chi connectivity index (χ2v) is 8.92. The lowest BCUT2D eigenvalue weighted by Crippen LogP contribution is -2.64. The van der Waals surface area contributed by atoms with E-state index in [0.717, 1.165) is 42.8 Å². The van der Waals surface area contributed by atoms with Gasteiger partial charge in [-0.3, -0.25) is 0 Å². The van der Waals surface area contributed by atoms with Crippen molar-refractivity contribution in [2.24, 2.45) is 17.1 Å². The predicted octanol–water partition coefficient (Wildman–Crippen LogP) is 2.78. The Hall–Kier alpha value is -3.57. The van der Waals surface area contributed by atoms with Crippen LogP contribution in [-0.2, 0) is 6.54 Å². The molecule has 1 aromatic carbocycles. The molecule has 2 fully saturated rings. The van der Waals surface area contributed by atoms with Crippen LogP contribution in [0.15, 0.2) is 47.2 Å². The number of hydrogen-bond acceptors (Lipinski definition) is 5. The highest BCUT2D eigenvalue weighted by Gasteiger charge is 2.52. The first-order chi connectivity index (χ1) is 15.4. The molecule has 1 spiro atoms. The summed E-state index contributed by atoms with van der Waals surface area (Å²) in [6.07, 6.45) is 4.90. The number of aliphatic hydroxyl groups is 1. The fourth-order valence-electron chi connectivity index (χ4n) is 4.69. The highest BCUT2D eigenvalue weighted by Crippen LogP contribution is 2.51. The van der Waals surface area contributed by atoms with Crippen LogP contribution < -0.4 is 5.73 Å². The first-order valence-corrected chi connectivity index (χ1v) is 10.7. The number of primary amides is 1. The van der Waals surface area contributed by atoms with Crippen molar-refractivity contribution < 1.29 is 14.4 Å². The van der Waals surface area contributed by atoms with Crippen molar-refractivity contribution in [2.45, 2.75) is 32.4 Å². The third-order valence-corrected chi connectivity index (χ3v) is 6.33. The Morgan fingerprint density at radius 2 is 2.09 bits per heavy atom. The van der Waals surface area contributed by atoms with Gasteiger partial charge in [-0.25, -0.2) is 9.78 Å². The van der Waals surface area contributed by atoms with E-state index < -0.39 is 6.10 Å². The standard InChI is InChI=1S/C24H25N5O3/c1-16(30)22-26-8-9-28(22)13-20-10-21(32-27-20)19-6-4-17(5-7-19)2-3-18-11-24(12-18)14-29(15-24)23(25)31/h4-10,16,18,30H,11-15H2,1H3,(H2,25,31)/t16-/m0/s1. The minimum absolute atomic E-state index is 0.259. The number of nitrogens with two attached hydrogens (primary N) is 1.